The molecule has 1 fully saturated rings. The van der Waals surface area contributed by atoms with Crippen LogP contribution in [0.1, 0.15) is 48.7 Å². The maximum Gasteiger partial charge on any atom is 0.339 e. The Morgan fingerprint density at radius 1 is 1.43 bits per heavy atom. The van der Waals surface area contributed by atoms with Gasteiger partial charge in [0.25, 0.3) is 0 Å². The number of benzene rings is 1. The molecule has 0 bridgehead atoms. The summed E-state index contributed by atoms with van der Waals surface area (Å²) in [7, 11) is 0. The second kappa shape index (κ2) is 5.90. The van der Waals surface area contributed by atoms with E-state index in [1.54, 1.807) is 6.07 Å². The van der Waals surface area contributed by atoms with Gasteiger partial charge in [-0.05, 0) is 24.8 Å². The number of fused-ring (bicyclic) bond motifs is 1. The smallest absolute Gasteiger partial charge is 0.339 e. The lowest BCUT2D eigenvalue weighted by Gasteiger charge is -2.15. The van der Waals surface area contributed by atoms with E-state index in [2.05, 4.69) is 12.2 Å². The fourth-order valence-electron chi connectivity index (χ4n) is 2.84. The van der Waals surface area contributed by atoms with E-state index < -0.39 is 5.97 Å². The van der Waals surface area contributed by atoms with E-state index >= 15 is 0 Å². The first-order valence-corrected chi connectivity index (χ1v) is 7.66. The molecule has 112 valence electrons. The molecule has 0 radical (unpaired) electrons. The first kappa shape index (κ1) is 14.1. The van der Waals surface area contributed by atoms with Gasteiger partial charge in [-0.3, -0.25) is 0 Å². The van der Waals surface area contributed by atoms with Crippen LogP contribution in [-0.2, 0) is 6.54 Å². The van der Waals surface area contributed by atoms with Crippen LogP contribution in [0.15, 0.2) is 28.7 Å². The lowest BCUT2D eigenvalue weighted by molar-refractivity contribution is 0.0696. The fraction of sp³-hybridized carbons (Fsp3) is 0.471. The summed E-state index contributed by atoms with van der Waals surface area (Å²) in [4.78, 5) is 11.5. The number of carboxylic acid groups (broad SMARTS) is 1. The Kier molecular flexibility index (Phi) is 3.97. The van der Waals surface area contributed by atoms with Gasteiger partial charge in [-0.1, -0.05) is 38.0 Å². The zero-order chi connectivity index (χ0) is 14.8. The number of rotatable bonds is 7. The summed E-state index contributed by atoms with van der Waals surface area (Å²) in [6.45, 7) is 2.64. The van der Waals surface area contributed by atoms with Crippen LogP contribution in [0.25, 0.3) is 11.0 Å². The maximum atomic E-state index is 11.5. The number of hydrogen-bond donors (Lipinski definition) is 2. The van der Waals surface area contributed by atoms with Gasteiger partial charge in [0.05, 0.1) is 6.54 Å². The van der Waals surface area contributed by atoms with Gasteiger partial charge in [-0.2, -0.15) is 0 Å². The van der Waals surface area contributed by atoms with Crippen molar-refractivity contribution in [3.8, 4) is 0 Å². The third-order valence-corrected chi connectivity index (χ3v) is 4.24. The summed E-state index contributed by atoms with van der Waals surface area (Å²) in [5.41, 5.74) is 0.932. The third-order valence-electron chi connectivity index (χ3n) is 4.24. The predicted molar refractivity (Wildman–Crippen MR) is 81.4 cm³/mol. The van der Waals surface area contributed by atoms with Crippen LogP contribution >= 0.6 is 0 Å². The highest BCUT2D eigenvalue weighted by atomic mass is 16.4. The molecule has 3 rings (SSSR count). The highest BCUT2D eigenvalue weighted by molar-refractivity contribution is 6.03. The molecule has 1 aliphatic carbocycles. The quantitative estimate of drug-likeness (QED) is 0.813. The molecule has 1 aromatic heterocycles. The molecule has 1 aromatic carbocycles. The van der Waals surface area contributed by atoms with Crippen LogP contribution in [0.4, 0.5) is 0 Å². The Hall–Kier alpha value is -1.81. The summed E-state index contributed by atoms with van der Waals surface area (Å²) >= 11 is 0. The van der Waals surface area contributed by atoms with Gasteiger partial charge in [0.1, 0.15) is 16.9 Å². The van der Waals surface area contributed by atoms with Crippen molar-refractivity contribution >= 4 is 16.9 Å². The molecule has 1 saturated carbocycles. The molecule has 1 heterocycles. The van der Waals surface area contributed by atoms with Crippen molar-refractivity contribution < 1.29 is 14.3 Å². The molecule has 2 N–H and O–H groups in total. The van der Waals surface area contributed by atoms with E-state index in [0.29, 0.717) is 34.9 Å². The molecule has 0 amide bonds. The number of carbonyl (C=O) groups is 1. The molecule has 1 aliphatic rings. The van der Waals surface area contributed by atoms with Crippen molar-refractivity contribution in [1.82, 2.24) is 5.32 Å². The number of hydrogen-bond acceptors (Lipinski definition) is 3. The van der Waals surface area contributed by atoms with Gasteiger partial charge in [-0.15, -0.1) is 0 Å². The molecule has 21 heavy (non-hydrogen) atoms. The Labute approximate surface area is 124 Å². The molecule has 4 nitrogen and oxygen atoms in total. The lowest BCUT2D eigenvalue weighted by Crippen LogP contribution is -2.28. The van der Waals surface area contributed by atoms with Crippen molar-refractivity contribution in [3.05, 3.63) is 35.6 Å². The van der Waals surface area contributed by atoms with Crippen LogP contribution < -0.4 is 5.32 Å². The van der Waals surface area contributed by atoms with Crippen LogP contribution in [-0.4, -0.2) is 17.1 Å². The second-order valence-corrected chi connectivity index (χ2v) is 5.87. The van der Waals surface area contributed by atoms with Crippen molar-refractivity contribution in [2.75, 3.05) is 0 Å². The number of nitrogens with one attached hydrogen (secondary N) is 1. The Morgan fingerprint density at radius 3 is 2.86 bits per heavy atom. The Morgan fingerprint density at radius 2 is 2.19 bits per heavy atom. The minimum atomic E-state index is -0.924. The van der Waals surface area contributed by atoms with Crippen molar-refractivity contribution in [1.29, 1.82) is 0 Å². The largest absolute Gasteiger partial charge is 0.478 e. The average molecular weight is 287 g/mol. The van der Waals surface area contributed by atoms with Crippen LogP contribution in [0.2, 0.25) is 0 Å². The molecule has 0 aliphatic heterocycles. The SMILES string of the molecule is CCC(CC1CC1)NCc1oc2ccccc2c1C(=O)O. The summed E-state index contributed by atoms with van der Waals surface area (Å²) in [5, 5.41) is 13.6. The van der Waals surface area contributed by atoms with Crippen LogP contribution in [0.3, 0.4) is 0 Å². The zero-order valence-electron chi connectivity index (χ0n) is 12.3. The standard InChI is InChI=1S/C17H21NO3/c1-2-12(9-11-7-8-11)18-10-15-16(17(19)20)13-5-3-4-6-14(13)21-15/h3-6,11-12,18H,2,7-10H2,1H3,(H,19,20). The van der Waals surface area contributed by atoms with Crippen LogP contribution in [0, 0.1) is 5.92 Å². The molecule has 0 spiro atoms. The van der Waals surface area contributed by atoms with Gasteiger partial charge >= 0.3 is 5.97 Å². The van der Waals surface area contributed by atoms with Crippen molar-refractivity contribution in [2.24, 2.45) is 5.92 Å². The summed E-state index contributed by atoms with van der Waals surface area (Å²) < 4.78 is 5.73. The topological polar surface area (TPSA) is 62.5 Å². The zero-order valence-corrected chi connectivity index (χ0v) is 12.3. The van der Waals surface area contributed by atoms with Crippen molar-refractivity contribution in [2.45, 2.75) is 45.2 Å². The van der Waals surface area contributed by atoms with E-state index in [1.165, 1.54) is 19.3 Å². The van der Waals surface area contributed by atoms with Crippen molar-refractivity contribution in [3.63, 3.8) is 0 Å². The summed E-state index contributed by atoms with van der Waals surface area (Å²) in [6.07, 6.45) is 4.91. The first-order chi connectivity index (χ1) is 10.2. The van der Waals surface area contributed by atoms with Gasteiger partial charge in [0, 0.05) is 11.4 Å². The minimum absolute atomic E-state index is 0.291. The molecule has 1 unspecified atom stereocenters. The Balaban J connectivity index is 1.78. The van der Waals surface area contributed by atoms with E-state index in [4.69, 9.17) is 4.42 Å². The average Bonchev–Trinajstić information content (AvgIpc) is 3.21. The van der Waals surface area contributed by atoms with E-state index in [0.717, 1.165) is 12.3 Å². The normalized spacial score (nSPS) is 16.2. The van der Waals surface area contributed by atoms with Crippen LogP contribution in [0.5, 0.6) is 0 Å². The molecular formula is C17H21NO3. The highest BCUT2D eigenvalue weighted by Crippen LogP contribution is 2.34. The molecule has 0 saturated heterocycles. The monoisotopic (exact) mass is 287 g/mol. The van der Waals surface area contributed by atoms with E-state index in [1.807, 2.05) is 18.2 Å². The number of aromatic carboxylic acids is 1. The number of para-hydroxylation sites is 1. The maximum absolute atomic E-state index is 11.5. The molecular weight excluding hydrogens is 266 g/mol. The lowest BCUT2D eigenvalue weighted by atomic mass is 10.1. The van der Waals surface area contributed by atoms with E-state index in [-0.39, 0.29) is 0 Å². The predicted octanol–water partition coefficient (Wildman–Crippen LogP) is 3.80. The second-order valence-electron chi connectivity index (χ2n) is 5.87. The molecule has 4 heteroatoms. The summed E-state index contributed by atoms with van der Waals surface area (Å²) in [6, 6.07) is 7.74. The van der Waals surface area contributed by atoms with Gasteiger partial charge in [0.2, 0.25) is 0 Å². The van der Waals surface area contributed by atoms with Gasteiger partial charge in [0.15, 0.2) is 0 Å². The number of carboxylic acids is 1. The molecule has 2 aromatic rings. The third kappa shape index (κ3) is 3.10. The van der Waals surface area contributed by atoms with Gasteiger partial charge < -0.3 is 14.8 Å². The molecule has 1 atom stereocenters. The fourth-order valence-corrected chi connectivity index (χ4v) is 2.84. The van der Waals surface area contributed by atoms with Gasteiger partial charge in [-0.25, -0.2) is 4.79 Å². The Bertz CT molecular complexity index is 643. The first-order valence-electron chi connectivity index (χ1n) is 7.66. The summed E-state index contributed by atoms with van der Waals surface area (Å²) in [5.74, 6) is 0.460. The number of furan rings is 1. The highest BCUT2D eigenvalue weighted by Gasteiger charge is 2.25. The minimum Gasteiger partial charge on any atom is -0.478 e. The van der Waals surface area contributed by atoms with E-state index in [9.17, 15) is 9.90 Å².